The number of anilines is 1. The topological polar surface area (TPSA) is 70.4 Å². The number of urea groups is 1. The number of hydrogen-bond donors (Lipinski definition) is 2. The molecule has 0 bridgehead atoms. The fourth-order valence-corrected chi connectivity index (χ4v) is 2.16. The van der Waals surface area contributed by atoms with Crippen LogP contribution in [0.3, 0.4) is 0 Å². The van der Waals surface area contributed by atoms with Gasteiger partial charge in [0, 0.05) is 13.2 Å². The fraction of sp³-hybridized carbons (Fsp3) is 0.375. The molecule has 22 heavy (non-hydrogen) atoms. The van der Waals surface area contributed by atoms with E-state index >= 15 is 0 Å². The molecule has 0 atom stereocenters. The maximum atomic E-state index is 12.0. The zero-order chi connectivity index (χ0) is 16.2. The van der Waals surface area contributed by atoms with Crippen molar-refractivity contribution in [1.82, 2.24) is 14.7 Å². The predicted octanol–water partition coefficient (Wildman–Crippen LogP) is 2.17. The Kier molecular flexibility index (Phi) is 4.82. The summed E-state index contributed by atoms with van der Waals surface area (Å²) in [4.78, 5) is 13.5. The van der Waals surface area contributed by atoms with E-state index in [0.29, 0.717) is 12.2 Å². The molecule has 0 saturated carbocycles. The molecule has 0 aliphatic rings. The number of nitrogens with one attached hydrogen (secondary N) is 1. The number of carbonyl (C=O) groups is 1. The average Bonchev–Trinajstić information content (AvgIpc) is 2.85. The van der Waals surface area contributed by atoms with Crippen molar-refractivity contribution in [2.75, 3.05) is 18.9 Å². The molecular formula is C16H22N4O2. The van der Waals surface area contributed by atoms with Crippen LogP contribution in [0.1, 0.15) is 19.4 Å². The summed E-state index contributed by atoms with van der Waals surface area (Å²) >= 11 is 0. The first-order valence-electron chi connectivity index (χ1n) is 7.14. The van der Waals surface area contributed by atoms with E-state index in [1.54, 1.807) is 38.0 Å². The number of aliphatic hydroxyl groups is 1. The van der Waals surface area contributed by atoms with Crippen molar-refractivity contribution < 1.29 is 9.90 Å². The maximum absolute atomic E-state index is 12.0. The zero-order valence-electron chi connectivity index (χ0n) is 13.2. The van der Waals surface area contributed by atoms with Gasteiger partial charge in [-0.15, -0.1) is 0 Å². The quantitative estimate of drug-likeness (QED) is 0.889. The van der Waals surface area contributed by atoms with Crippen LogP contribution in [0.15, 0.2) is 42.7 Å². The maximum Gasteiger partial charge on any atom is 0.321 e. The number of hydrogen-bond acceptors (Lipinski definition) is 3. The number of rotatable bonds is 5. The summed E-state index contributed by atoms with van der Waals surface area (Å²) in [5.41, 5.74) is 0.843. The van der Waals surface area contributed by atoms with Crippen molar-refractivity contribution >= 4 is 11.7 Å². The molecule has 2 amide bonds. The molecule has 0 aliphatic heterocycles. The van der Waals surface area contributed by atoms with Crippen molar-refractivity contribution in [3.63, 3.8) is 0 Å². The summed E-state index contributed by atoms with van der Waals surface area (Å²) in [7, 11) is 1.64. The Balaban J connectivity index is 1.93. The highest BCUT2D eigenvalue weighted by Crippen LogP contribution is 2.10. The molecule has 2 rings (SSSR count). The lowest BCUT2D eigenvalue weighted by Crippen LogP contribution is -2.41. The van der Waals surface area contributed by atoms with E-state index < -0.39 is 5.60 Å². The van der Waals surface area contributed by atoms with Crippen LogP contribution in [-0.4, -0.2) is 45.0 Å². The summed E-state index contributed by atoms with van der Waals surface area (Å²) < 4.78 is 1.76. The van der Waals surface area contributed by atoms with Crippen LogP contribution in [0.4, 0.5) is 10.5 Å². The molecule has 2 aromatic rings. The summed E-state index contributed by atoms with van der Waals surface area (Å²) in [6.45, 7) is 4.22. The molecule has 0 saturated heterocycles. The molecule has 1 aromatic carbocycles. The van der Waals surface area contributed by atoms with Gasteiger partial charge in [0.1, 0.15) is 0 Å². The van der Waals surface area contributed by atoms with E-state index in [1.165, 1.54) is 4.90 Å². The number of carbonyl (C=O) groups excluding carboxylic acids is 1. The molecule has 118 valence electrons. The Morgan fingerprint density at radius 2 is 2.05 bits per heavy atom. The number of likely N-dealkylation sites (N-methyl/N-ethyl adjacent to an activating group) is 1. The van der Waals surface area contributed by atoms with Gasteiger partial charge < -0.3 is 15.3 Å². The smallest absolute Gasteiger partial charge is 0.321 e. The Morgan fingerprint density at radius 3 is 2.68 bits per heavy atom. The molecule has 0 fully saturated rings. The summed E-state index contributed by atoms with van der Waals surface area (Å²) in [6, 6.07) is 9.70. The molecule has 0 aliphatic carbocycles. The third-order valence-corrected chi connectivity index (χ3v) is 3.04. The van der Waals surface area contributed by atoms with Crippen molar-refractivity contribution in [2.24, 2.45) is 0 Å². The average molecular weight is 302 g/mol. The third kappa shape index (κ3) is 4.89. The normalized spacial score (nSPS) is 11.3. The van der Waals surface area contributed by atoms with Crippen LogP contribution in [0.5, 0.6) is 0 Å². The van der Waals surface area contributed by atoms with Gasteiger partial charge in [0.25, 0.3) is 0 Å². The highest BCUT2D eigenvalue weighted by atomic mass is 16.3. The van der Waals surface area contributed by atoms with Gasteiger partial charge in [-0.2, -0.15) is 5.10 Å². The molecule has 0 spiro atoms. The Hall–Kier alpha value is -2.34. The van der Waals surface area contributed by atoms with Gasteiger partial charge >= 0.3 is 6.03 Å². The third-order valence-electron chi connectivity index (χ3n) is 3.04. The van der Waals surface area contributed by atoms with E-state index in [4.69, 9.17) is 0 Å². The summed E-state index contributed by atoms with van der Waals surface area (Å²) in [6.07, 6.45) is 3.39. The van der Waals surface area contributed by atoms with Crippen molar-refractivity contribution in [3.05, 3.63) is 48.3 Å². The number of nitrogens with zero attached hydrogens (tertiary/aromatic N) is 3. The molecule has 6 heteroatoms. The minimum atomic E-state index is -0.927. The standard InChI is InChI=1S/C16H22N4O2/c1-16(2,22)12-19(3)15(21)18-14-9-17-20(11-14)10-13-7-5-4-6-8-13/h4-9,11,22H,10,12H2,1-3H3,(H,18,21). The first-order chi connectivity index (χ1) is 10.3. The number of benzene rings is 1. The lowest BCUT2D eigenvalue weighted by Gasteiger charge is -2.25. The van der Waals surface area contributed by atoms with Gasteiger partial charge in [0.15, 0.2) is 0 Å². The van der Waals surface area contributed by atoms with Gasteiger partial charge in [-0.25, -0.2) is 4.79 Å². The lowest BCUT2D eigenvalue weighted by atomic mass is 10.1. The van der Waals surface area contributed by atoms with E-state index in [9.17, 15) is 9.90 Å². The van der Waals surface area contributed by atoms with Gasteiger partial charge in [0.05, 0.1) is 30.6 Å². The predicted molar refractivity (Wildman–Crippen MR) is 85.7 cm³/mol. The molecule has 1 heterocycles. The lowest BCUT2D eigenvalue weighted by molar-refractivity contribution is 0.0550. The molecule has 6 nitrogen and oxygen atoms in total. The van der Waals surface area contributed by atoms with Gasteiger partial charge in [0.2, 0.25) is 0 Å². The second kappa shape index (κ2) is 6.62. The first kappa shape index (κ1) is 16.0. The van der Waals surface area contributed by atoms with E-state index in [1.807, 2.05) is 30.3 Å². The van der Waals surface area contributed by atoms with Crippen molar-refractivity contribution in [2.45, 2.75) is 26.0 Å². The molecule has 0 unspecified atom stereocenters. The Bertz CT molecular complexity index is 617. The van der Waals surface area contributed by atoms with Crippen LogP contribution in [0.2, 0.25) is 0 Å². The minimum absolute atomic E-state index is 0.247. The first-order valence-corrected chi connectivity index (χ1v) is 7.14. The van der Waals surface area contributed by atoms with E-state index in [0.717, 1.165) is 5.56 Å². The van der Waals surface area contributed by atoms with Crippen LogP contribution < -0.4 is 5.32 Å². The van der Waals surface area contributed by atoms with Crippen molar-refractivity contribution in [3.8, 4) is 0 Å². The van der Waals surface area contributed by atoms with Crippen LogP contribution in [-0.2, 0) is 6.54 Å². The second-order valence-corrected chi connectivity index (χ2v) is 6.01. The Labute approximate surface area is 130 Å². The van der Waals surface area contributed by atoms with E-state index in [2.05, 4.69) is 10.4 Å². The number of amides is 2. The van der Waals surface area contributed by atoms with Crippen LogP contribution in [0.25, 0.3) is 0 Å². The molecule has 2 N–H and O–H groups in total. The van der Waals surface area contributed by atoms with Gasteiger partial charge in [-0.1, -0.05) is 30.3 Å². The summed E-state index contributed by atoms with van der Waals surface area (Å²) in [5, 5.41) is 16.7. The zero-order valence-corrected chi connectivity index (χ0v) is 13.2. The van der Waals surface area contributed by atoms with Crippen LogP contribution >= 0.6 is 0 Å². The Morgan fingerprint density at radius 1 is 1.36 bits per heavy atom. The monoisotopic (exact) mass is 302 g/mol. The van der Waals surface area contributed by atoms with Gasteiger partial charge in [-0.3, -0.25) is 4.68 Å². The van der Waals surface area contributed by atoms with Gasteiger partial charge in [-0.05, 0) is 19.4 Å². The van der Waals surface area contributed by atoms with E-state index in [-0.39, 0.29) is 12.6 Å². The number of aromatic nitrogens is 2. The largest absolute Gasteiger partial charge is 0.389 e. The highest BCUT2D eigenvalue weighted by Gasteiger charge is 2.19. The summed E-state index contributed by atoms with van der Waals surface area (Å²) in [5.74, 6) is 0. The highest BCUT2D eigenvalue weighted by molar-refractivity contribution is 5.88. The SMILES string of the molecule is CN(CC(C)(C)O)C(=O)Nc1cnn(Cc2ccccc2)c1. The van der Waals surface area contributed by atoms with Crippen molar-refractivity contribution in [1.29, 1.82) is 0 Å². The molecular weight excluding hydrogens is 280 g/mol. The molecule has 0 radical (unpaired) electrons. The van der Waals surface area contributed by atoms with Crippen LogP contribution in [0, 0.1) is 0 Å². The molecule has 1 aromatic heterocycles. The minimum Gasteiger partial charge on any atom is -0.389 e. The second-order valence-electron chi connectivity index (χ2n) is 6.01. The fourth-order valence-electron chi connectivity index (χ4n) is 2.16.